The minimum absolute atomic E-state index is 0.351. The number of thioether (sulfide) groups is 1. The Bertz CT molecular complexity index is 569. The van der Waals surface area contributed by atoms with Crippen molar-refractivity contribution in [2.75, 3.05) is 0 Å². The van der Waals surface area contributed by atoms with Gasteiger partial charge in [-0.2, -0.15) is 0 Å². The second-order valence-electron chi connectivity index (χ2n) is 3.78. The molecule has 19 heavy (non-hydrogen) atoms. The summed E-state index contributed by atoms with van der Waals surface area (Å²) >= 11 is 13.0. The summed E-state index contributed by atoms with van der Waals surface area (Å²) in [5.41, 5.74) is 0.610. The zero-order chi connectivity index (χ0) is 13.8. The maximum atomic E-state index is 11.3. The Balaban J connectivity index is 2.15. The molecule has 0 radical (unpaired) electrons. The lowest BCUT2D eigenvalue weighted by Gasteiger charge is -2.12. The third kappa shape index (κ3) is 3.69. The molecule has 1 N–H and O–H groups in total. The first kappa shape index (κ1) is 14.3. The minimum Gasteiger partial charge on any atom is -0.480 e. The van der Waals surface area contributed by atoms with Crippen molar-refractivity contribution in [1.82, 2.24) is 0 Å². The molecule has 100 valence electrons. The molecule has 3 nitrogen and oxygen atoms in total. The van der Waals surface area contributed by atoms with Crippen molar-refractivity contribution in [2.24, 2.45) is 0 Å². The average molecular weight is 317 g/mol. The van der Waals surface area contributed by atoms with E-state index in [9.17, 15) is 9.90 Å². The largest absolute Gasteiger partial charge is 0.480 e. The lowest BCUT2D eigenvalue weighted by Crippen LogP contribution is -2.08. The van der Waals surface area contributed by atoms with Crippen LogP contribution in [0.2, 0.25) is 10.0 Å². The molecule has 0 saturated carbocycles. The summed E-state index contributed by atoms with van der Waals surface area (Å²) in [6, 6.07) is 8.42. The molecule has 6 heteroatoms. The maximum absolute atomic E-state index is 11.3. The summed E-state index contributed by atoms with van der Waals surface area (Å²) in [7, 11) is 0. The summed E-state index contributed by atoms with van der Waals surface area (Å²) in [6.45, 7) is 0. The Hall–Kier alpha value is -1.10. The van der Waals surface area contributed by atoms with E-state index in [0.717, 1.165) is 5.76 Å². The van der Waals surface area contributed by atoms with Crippen LogP contribution in [0.4, 0.5) is 0 Å². The predicted molar refractivity (Wildman–Crippen MR) is 76.8 cm³/mol. The standard InChI is InChI=1S/C13H10Cl2O3S/c14-10-4-3-8(6-11(10)15)12(13(16)17)19-7-9-2-1-5-18-9/h1-6,12H,7H2,(H,16,17)/t12-/m0/s1. The molecule has 1 aromatic heterocycles. The number of hydrogen-bond acceptors (Lipinski definition) is 3. The van der Waals surface area contributed by atoms with Crippen molar-refractivity contribution in [3.63, 3.8) is 0 Å². The Labute approximate surface area is 124 Å². The van der Waals surface area contributed by atoms with Gasteiger partial charge in [-0.15, -0.1) is 11.8 Å². The predicted octanol–water partition coefficient (Wildman–Crippen LogP) is 4.65. The van der Waals surface area contributed by atoms with Gasteiger partial charge in [0.05, 0.1) is 22.1 Å². The third-order valence-electron chi connectivity index (χ3n) is 2.44. The Morgan fingerprint density at radius 1 is 1.32 bits per heavy atom. The van der Waals surface area contributed by atoms with Crippen molar-refractivity contribution in [1.29, 1.82) is 0 Å². The molecule has 2 rings (SSSR count). The highest BCUT2D eigenvalue weighted by Gasteiger charge is 2.21. The number of carboxylic acid groups (broad SMARTS) is 1. The number of aliphatic carboxylic acids is 1. The average Bonchev–Trinajstić information content (AvgIpc) is 2.86. The van der Waals surface area contributed by atoms with Gasteiger partial charge in [0.1, 0.15) is 11.0 Å². The molecule has 1 aromatic carbocycles. The number of furan rings is 1. The molecule has 0 bridgehead atoms. The van der Waals surface area contributed by atoms with Crippen LogP contribution in [0.5, 0.6) is 0 Å². The van der Waals surface area contributed by atoms with Crippen LogP contribution in [-0.4, -0.2) is 11.1 Å². The molecule has 0 unspecified atom stereocenters. The molecule has 1 heterocycles. The normalized spacial score (nSPS) is 12.3. The number of benzene rings is 1. The highest BCUT2D eigenvalue weighted by Crippen LogP contribution is 2.35. The fourth-order valence-corrected chi connectivity index (χ4v) is 2.83. The van der Waals surface area contributed by atoms with Crippen LogP contribution in [0.25, 0.3) is 0 Å². The third-order valence-corrected chi connectivity index (χ3v) is 4.44. The van der Waals surface area contributed by atoms with E-state index < -0.39 is 11.2 Å². The van der Waals surface area contributed by atoms with E-state index >= 15 is 0 Å². The van der Waals surface area contributed by atoms with Gasteiger partial charge in [-0.1, -0.05) is 29.3 Å². The molecule has 0 amide bonds. The van der Waals surface area contributed by atoms with Crippen molar-refractivity contribution >= 4 is 40.9 Å². The minimum atomic E-state index is -0.921. The highest BCUT2D eigenvalue weighted by atomic mass is 35.5. The SMILES string of the molecule is O=C(O)[C@@H](SCc1ccco1)c1ccc(Cl)c(Cl)c1. The van der Waals surface area contributed by atoms with E-state index in [4.69, 9.17) is 27.6 Å². The van der Waals surface area contributed by atoms with E-state index in [0.29, 0.717) is 21.4 Å². The van der Waals surface area contributed by atoms with Gasteiger partial charge in [0.25, 0.3) is 0 Å². The number of halogens is 2. The first-order valence-electron chi connectivity index (χ1n) is 5.39. The summed E-state index contributed by atoms with van der Waals surface area (Å²) in [4.78, 5) is 11.3. The summed E-state index contributed by atoms with van der Waals surface area (Å²) in [6.07, 6.45) is 1.56. The van der Waals surface area contributed by atoms with E-state index in [-0.39, 0.29) is 0 Å². The second-order valence-corrected chi connectivity index (χ2v) is 5.69. The fraction of sp³-hybridized carbons (Fsp3) is 0.154. The van der Waals surface area contributed by atoms with Crippen molar-refractivity contribution in [2.45, 2.75) is 11.0 Å². The molecule has 2 aromatic rings. The number of rotatable bonds is 5. The Morgan fingerprint density at radius 3 is 2.68 bits per heavy atom. The zero-order valence-electron chi connectivity index (χ0n) is 9.68. The molecule has 0 aliphatic carbocycles. The van der Waals surface area contributed by atoms with Crippen LogP contribution in [-0.2, 0) is 10.5 Å². The van der Waals surface area contributed by atoms with Crippen molar-refractivity contribution < 1.29 is 14.3 Å². The van der Waals surface area contributed by atoms with Crippen LogP contribution in [0.15, 0.2) is 41.0 Å². The lowest BCUT2D eigenvalue weighted by molar-refractivity contribution is -0.136. The quantitative estimate of drug-likeness (QED) is 0.872. The van der Waals surface area contributed by atoms with Gasteiger partial charge in [0.2, 0.25) is 0 Å². The van der Waals surface area contributed by atoms with Crippen molar-refractivity contribution in [3.8, 4) is 0 Å². The van der Waals surface area contributed by atoms with Gasteiger partial charge in [-0.25, -0.2) is 0 Å². The molecule has 0 aliphatic rings. The van der Waals surface area contributed by atoms with E-state index in [1.807, 2.05) is 0 Å². The topological polar surface area (TPSA) is 50.4 Å². The van der Waals surface area contributed by atoms with Crippen LogP contribution in [0.3, 0.4) is 0 Å². The van der Waals surface area contributed by atoms with Crippen LogP contribution >= 0.6 is 35.0 Å². The van der Waals surface area contributed by atoms with Crippen LogP contribution < -0.4 is 0 Å². The van der Waals surface area contributed by atoms with Gasteiger partial charge >= 0.3 is 5.97 Å². The molecule has 0 aliphatic heterocycles. The molecular weight excluding hydrogens is 307 g/mol. The van der Waals surface area contributed by atoms with Crippen molar-refractivity contribution in [3.05, 3.63) is 58.0 Å². The molecule has 0 saturated heterocycles. The summed E-state index contributed by atoms with van der Waals surface area (Å²) in [5, 5.41) is 9.34. The summed E-state index contributed by atoms with van der Waals surface area (Å²) in [5.74, 6) is 0.288. The first-order chi connectivity index (χ1) is 9.08. The molecular formula is C13H10Cl2O3S. The fourth-order valence-electron chi connectivity index (χ4n) is 1.55. The van der Waals surface area contributed by atoms with Gasteiger partial charge in [-0.3, -0.25) is 4.79 Å². The van der Waals surface area contributed by atoms with Crippen LogP contribution in [0, 0.1) is 0 Å². The summed E-state index contributed by atoms with van der Waals surface area (Å²) < 4.78 is 5.18. The monoisotopic (exact) mass is 316 g/mol. The van der Waals surface area contributed by atoms with Crippen LogP contribution in [0.1, 0.15) is 16.6 Å². The zero-order valence-corrected chi connectivity index (χ0v) is 12.0. The molecule has 0 spiro atoms. The smallest absolute Gasteiger partial charge is 0.321 e. The second kappa shape index (κ2) is 6.37. The van der Waals surface area contributed by atoms with E-state index in [1.54, 1.807) is 36.6 Å². The Kier molecular flexibility index (Phi) is 4.80. The lowest BCUT2D eigenvalue weighted by atomic mass is 10.1. The van der Waals surface area contributed by atoms with Gasteiger partial charge in [0, 0.05) is 0 Å². The van der Waals surface area contributed by atoms with Gasteiger partial charge in [-0.05, 0) is 29.8 Å². The Morgan fingerprint density at radius 2 is 2.11 bits per heavy atom. The first-order valence-corrected chi connectivity index (χ1v) is 7.20. The molecule has 0 fully saturated rings. The van der Waals surface area contributed by atoms with Gasteiger partial charge < -0.3 is 9.52 Å². The van der Waals surface area contributed by atoms with Gasteiger partial charge in [0.15, 0.2) is 0 Å². The number of hydrogen-bond donors (Lipinski definition) is 1. The highest BCUT2D eigenvalue weighted by molar-refractivity contribution is 7.99. The van der Waals surface area contributed by atoms with E-state index in [2.05, 4.69) is 0 Å². The molecule has 1 atom stereocenters. The van der Waals surface area contributed by atoms with E-state index in [1.165, 1.54) is 11.8 Å². The number of carbonyl (C=O) groups is 1. The number of carboxylic acids is 1. The maximum Gasteiger partial charge on any atom is 0.321 e.